The van der Waals surface area contributed by atoms with E-state index in [0.717, 1.165) is 29.9 Å². The van der Waals surface area contributed by atoms with Crippen LogP contribution in [0.3, 0.4) is 0 Å². The van der Waals surface area contributed by atoms with E-state index in [-0.39, 0.29) is 29.9 Å². The molecule has 0 saturated carbocycles. The Morgan fingerprint density at radius 1 is 0.906 bits per heavy atom. The average Bonchev–Trinajstić information content (AvgIpc) is 3.34. The van der Waals surface area contributed by atoms with Crippen LogP contribution in [0, 0.1) is 0 Å². The van der Waals surface area contributed by atoms with Gasteiger partial charge < -0.3 is 19.7 Å². The largest absolute Gasteiger partial charge is 0.497 e. The minimum absolute atomic E-state index is 0.0651. The first-order chi connectivity index (χ1) is 15.6. The molecule has 2 amide bonds. The van der Waals surface area contributed by atoms with Crippen LogP contribution in [0.2, 0.25) is 0 Å². The van der Waals surface area contributed by atoms with Crippen LogP contribution in [-0.4, -0.2) is 56.1 Å². The first-order valence-corrected chi connectivity index (χ1v) is 11.0. The number of likely N-dealkylation sites (tertiary alicyclic amines) is 1. The van der Waals surface area contributed by atoms with Gasteiger partial charge in [0.1, 0.15) is 17.5 Å². The van der Waals surface area contributed by atoms with Crippen LogP contribution in [-0.2, 0) is 4.79 Å². The van der Waals surface area contributed by atoms with Crippen molar-refractivity contribution >= 4 is 11.8 Å². The molecule has 0 bridgehead atoms. The summed E-state index contributed by atoms with van der Waals surface area (Å²) >= 11 is 0. The molecule has 2 aromatic carbocycles. The van der Waals surface area contributed by atoms with E-state index in [1.165, 1.54) is 0 Å². The Kier molecular flexibility index (Phi) is 6.92. The molecule has 2 aliphatic heterocycles. The van der Waals surface area contributed by atoms with Crippen LogP contribution in [0.1, 0.15) is 41.2 Å². The van der Waals surface area contributed by atoms with Crippen LogP contribution in [0.15, 0.2) is 48.5 Å². The van der Waals surface area contributed by atoms with Crippen LogP contribution >= 0.6 is 0 Å². The van der Waals surface area contributed by atoms with Gasteiger partial charge >= 0.3 is 0 Å². The summed E-state index contributed by atoms with van der Waals surface area (Å²) in [7, 11) is 3.24. The number of carbonyl (C=O) groups is 2. The predicted molar refractivity (Wildman–Crippen MR) is 120 cm³/mol. The lowest BCUT2D eigenvalue weighted by molar-refractivity contribution is -0.134. The summed E-state index contributed by atoms with van der Waals surface area (Å²) in [4.78, 5) is 27.4. The van der Waals surface area contributed by atoms with Crippen LogP contribution in [0.5, 0.6) is 11.5 Å². The molecule has 32 heavy (non-hydrogen) atoms. The molecule has 0 aromatic heterocycles. The minimum atomic E-state index is -0.257. The Hall–Kier alpha value is -3.10. The van der Waals surface area contributed by atoms with Crippen molar-refractivity contribution < 1.29 is 19.1 Å². The van der Waals surface area contributed by atoms with Gasteiger partial charge in [-0.1, -0.05) is 12.1 Å². The molecule has 0 aliphatic carbocycles. The lowest BCUT2D eigenvalue weighted by Crippen LogP contribution is -2.51. The van der Waals surface area contributed by atoms with Crippen LogP contribution in [0.25, 0.3) is 0 Å². The number of carbonyl (C=O) groups excluding carboxylic acids is 2. The fourth-order valence-corrected chi connectivity index (χ4v) is 4.25. The maximum absolute atomic E-state index is 13.0. The van der Waals surface area contributed by atoms with Gasteiger partial charge in [-0.25, -0.2) is 10.9 Å². The van der Waals surface area contributed by atoms with Crippen molar-refractivity contribution in [2.75, 3.05) is 27.3 Å². The Labute approximate surface area is 188 Å². The van der Waals surface area contributed by atoms with Gasteiger partial charge in [-0.2, -0.15) is 0 Å². The molecular weight excluding hydrogens is 408 g/mol. The molecule has 2 fully saturated rings. The fourth-order valence-electron chi connectivity index (χ4n) is 4.25. The standard InChI is InChI=1S/C24H30N4O4/c1-31-19-7-3-16(4-8-19)21-15-22(27-26-21)24(30)28-13-11-18(12-14-28)25-23(29)17-5-9-20(32-2)10-6-17/h3-10,18,21-22,26-27H,11-15H2,1-2H3,(H,25,29). The summed E-state index contributed by atoms with van der Waals surface area (Å²) in [5.41, 5.74) is 8.12. The average molecular weight is 439 g/mol. The van der Waals surface area contributed by atoms with Crippen LogP contribution < -0.4 is 25.6 Å². The number of nitrogens with one attached hydrogen (secondary N) is 3. The van der Waals surface area contributed by atoms with Gasteiger partial charge in [0.25, 0.3) is 5.91 Å². The Morgan fingerprint density at radius 2 is 1.50 bits per heavy atom. The summed E-state index contributed by atoms with van der Waals surface area (Å²) < 4.78 is 10.3. The summed E-state index contributed by atoms with van der Waals surface area (Å²) in [6, 6.07) is 14.8. The molecule has 2 atom stereocenters. The highest BCUT2D eigenvalue weighted by atomic mass is 16.5. The highest BCUT2D eigenvalue weighted by molar-refractivity contribution is 5.94. The molecule has 2 aromatic rings. The molecule has 2 aliphatic rings. The number of ether oxygens (including phenoxy) is 2. The second-order valence-electron chi connectivity index (χ2n) is 8.20. The van der Waals surface area contributed by atoms with Gasteiger partial charge in [-0.3, -0.25) is 9.59 Å². The van der Waals surface area contributed by atoms with E-state index in [1.807, 2.05) is 29.2 Å². The van der Waals surface area contributed by atoms with Crippen molar-refractivity contribution in [2.45, 2.75) is 37.4 Å². The zero-order chi connectivity index (χ0) is 22.5. The highest BCUT2D eigenvalue weighted by Crippen LogP contribution is 2.25. The van der Waals surface area contributed by atoms with E-state index < -0.39 is 0 Å². The number of piperidine rings is 1. The molecule has 3 N–H and O–H groups in total. The third kappa shape index (κ3) is 5.03. The number of methoxy groups -OCH3 is 2. The van der Waals surface area contributed by atoms with Crippen molar-refractivity contribution in [1.82, 2.24) is 21.1 Å². The number of benzene rings is 2. The van der Waals surface area contributed by atoms with Crippen molar-refractivity contribution in [3.05, 3.63) is 59.7 Å². The normalized spacial score (nSPS) is 21.2. The van der Waals surface area contributed by atoms with E-state index in [0.29, 0.717) is 25.1 Å². The Morgan fingerprint density at radius 3 is 2.09 bits per heavy atom. The maximum atomic E-state index is 13.0. The number of hydrazine groups is 1. The summed E-state index contributed by atoms with van der Waals surface area (Å²) in [5.74, 6) is 1.54. The lowest BCUT2D eigenvalue weighted by atomic mass is 9.99. The summed E-state index contributed by atoms with van der Waals surface area (Å²) in [6.45, 7) is 1.27. The maximum Gasteiger partial charge on any atom is 0.251 e. The molecule has 170 valence electrons. The number of hydrogen-bond donors (Lipinski definition) is 3. The minimum Gasteiger partial charge on any atom is -0.497 e. The number of amides is 2. The van der Waals surface area contributed by atoms with Gasteiger partial charge in [0, 0.05) is 30.7 Å². The lowest BCUT2D eigenvalue weighted by Gasteiger charge is -2.33. The zero-order valence-electron chi connectivity index (χ0n) is 18.5. The first kappa shape index (κ1) is 22.1. The second-order valence-corrected chi connectivity index (χ2v) is 8.20. The molecule has 8 heteroatoms. The quantitative estimate of drug-likeness (QED) is 0.639. The van der Waals surface area contributed by atoms with E-state index in [1.54, 1.807) is 38.5 Å². The van der Waals surface area contributed by atoms with Gasteiger partial charge in [-0.15, -0.1) is 0 Å². The highest BCUT2D eigenvalue weighted by Gasteiger charge is 2.34. The first-order valence-electron chi connectivity index (χ1n) is 11.0. The van der Waals surface area contributed by atoms with Crippen molar-refractivity contribution in [3.63, 3.8) is 0 Å². The molecular formula is C24H30N4O4. The number of hydrogen-bond acceptors (Lipinski definition) is 6. The Balaban J connectivity index is 1.24. The molecule has 4 rings (SSSR count). The predicted octanol–water partition coefficient (Wildman–Crippen LogP) is 2.03. The van der Waals surface area contributed by atoms with Gasteiger partial charge in [0.15, 0.2) is 0 Å². The molecule has 8 nitrogen and oxygen atoms in total. The fraction of sp³-hybridized carbons (Fsp3) is 0.417. The van der Waals surface area contributed by atoms with Crippen molar-refractivity contribution in [2.24, 2.45) is 0 Å². The third-order valence-corrected chi connectivity index (χ3v) is 6.21. The zero-order valence-corrected chi connectivity index (χ0v) is 18.5. The number of rotatable bonds is 6. The van der Waals surface area contributed by atoms with Gasteiger partial charge in [0.05, 0.1) is 14.2 Å². The van der Waals surface area contributed by atoms with E-state index in [9.17, 15) is 9.59 Å². The monoisotopic (exact) mass is 438 g/mol. The Bertz CT molecular complexity index is 924. The van der Waals surface area contributed by atoms with Gasteiger partial charge in [-0.05, 0) is 61.2 Å². The van der Waals surface area contributed by atoms with E-state index in [4.69, 9.17) is 9.47 Å². The van der Waals surface area contributed by atoms with Crippen molar-refractivity contribution in [1.29, 1.82) is 0 Å². The molecule has 0 radical (unpaired) electrons. The topological polar surface area (TPSA) is 91.9 Å². The molecule has 2 unspecified atom stereocenters. The van der Waals surface area contributed by atoms with Gasteiger partial charge in [0.2, 0.25) is 5.91 Å². The molecule has 0 spiro atoms. The second kappa shape index (κ2) is 10.0. The molecule has 2 saturated heterocycles. The van der Waals surface area contributed by atoms with Crippen molar-refractivity contribution in [3.8, 4) is 11.5 Å². The van der Waals surface area contributed by atoms with Crippen LogP contribution in [0.4, 0.5) is 0 Å². The SMILES string of the molecule is COc1ccc(C(=O)NC2CCN(C(=O)C3CC(c4ccc(OC)cc4)NN3)CC2)cc1. The third-order valence-electron chi connectivity index (χ3n) is 6.21. The summed E-state index contributed by atoms with van der Waals surface area (Å²) in [5, 5.41) is 3.08. The van der Waals surface area contributed by atoms with E-state index in [2.05, 4.69) is 16.2 Å². The molecule has 2 heterocycles. The summed E-state index contributed by atoms with van der Waals surface area (Å²) in [6.07, 6.45) is 2.19. The smallest absolute Gasteiger partial charge is 0.251 e. The number of nitrogens with zero attached hydrogens (tertiary/aromatic N) is 1. The van der Waals surface area contributed by atoms with E-state index >= 15 is 0 Å².